The first-order valence-corrected chi connectivity index (χ1v) is 8.45. The van der Waals surface area contributed by atoms with Crippen LogP contribution in [0.1, 0.15) is 5.56 Å². The van der Waals surface area contributed by atoms with Gasteiger partial charge in [-0.15, -0.1) is 0 Å². The van der Waals surface area contributed by atoms with Gasteiger partial charge in [0.25, 0.3) is 0 Å². The maximum Gasteiger partial charge on any atom is 0.153 e. The molecule has 25 heavy (non-hydrogen) atoms. The fourth-order valence-electron chi connectivity index (χ4n) is 2.62. The quantitative estimate of drug-likeness (QED) is 0.637. The normalized spacial score (nSPS) is 10.5. The smallest absolute Gasteiger partial charge is 0.153 e. The first-order chi connectivity index (χ1) is 12.1. The van der Waals surface area contributed by atoms with E-state index in [4.69, 9.17) is 17.0 Å². The second-order valence-electron chi connectivity index (χ2n) is 6.01. The molecule has 0 spiro atoms. The molecule has 0 amide bonds. The summed E-state index contributed by atoms with van der Waals surface area (Å²) < 4.78 is 8.01. The summed E-state index contributed by atoms with van der Waals surface area (Å²) in [5.41, 5.74) is 3.44. The van der Waals surface area contributed by atoms with Crippen molar-refractivity contribution >= 4 is 18.0 Å². The predicted molar refractivity (Wildman–Crippen MR) is 105 cm³/mol. The molecule has 0 unspecified atom stereocenters. The van der Waals surface area contributed by atoms with Gasteiger partial charge in [-0.05, 0) is 35.4 Å². The van der Waals surface area contributed by atoms with E-state index in [9.17, 15) is 0 Å². The van der Waals surface area contributed by atoms with E-state index in [1.807, 2.05) is 54.2 Å². The van der Waals surface area contributed by atoms with E-state index in [0.29, 0.717) is 11.2 Å². The number of pyridine rings is 2. The monoisotopic (exact) mass is 351 g/mol. The highest BCUT2D eigenvalue weighted by atomic mass is 32.1. The molecule has 3 rings (SSSR count). The van der Waals surface area contributed by atoms with Crippen LogP contribution in [0, 0.1) is 4.64 Å². The third-order valence-corrected chi connectivity index (χ3v) is 4.49. The topological polar surface area (TPSA) is 30.3 Å². The van der Waals surface area contributed by atoms with E-state index in [1.54, 1.807) is 7.11 Å². The van der Waals surface area contributed by atoms with Gasteiger partial charge in [-0.3, -0.25) is 0 Å². The number of methoxy groups -OCH3 is 1. The molecule has 0 radical (unpaired) electrons. The molecule has 0 aliphatic rings. The molecule has 4 nitrogen and oxygen atoms in total. The summed E-state index contributed by atoms with van der Waals surface area (Å²) in [5.74, 6) is 1.67. The summed E-state index contributed by atoms with van der Waals surface area (Å²) in [4.78, 5) is 6.46. The second-order valence-corrected chi connectivity index (χ2v) is 6.39. The Labute approximate surface area is 153 Å². The van der Waals surface area contributed by atoms with Crippen LogP contribution in [-0.2, 0) is 6.54 Å². The fraction of sp³-hybridized carbons (Fsp3) is 0.200. The summed E-state index contributed by atoms with van der Waals surface area (Å²) in [5, 5.41) is 0. The van der Waals surface area contributed by atoms with E-state index in [1.165, 1.54) is 5.56 Å². The first kappa shape index (κ1) is 17.2. The number of anilines is 1. The predicted octanol–water partition coefficient (Wildman–Crippen LogP) is 4.40. The van der Waals surface area contributed by atoms with Crippen molar-refractivity contribution in [2.75, 3.05) is 26.1 Å². The van der Waals surface area contributed by atoms with Gasteiger partial charge in [0.1, 0.15) is 10.5 Å². The van der Waals surface area contributed by atoms with Gasteiger partial charge in [-0.1, -0.05) is 36.5 Å². The van der Waals surface area contributed by atoms with Crippen LogP contribution in [0.4, 0.5) is 5.82 Å². The average Bonchev–Trinajstić information content (AvgIpc) is 2.64. The highest BCUT2D eigenvalue weighted by Gasteiger charge is 2.03. The van der Waals surface area contributed by atoms with Crippen molar-refractivity contribution in [2.24, 2.45) is 0 Å². The molecule has 0 atom stereocenters. The Balaban J connectivity index is 1.80. The van der Waals surface area contributed by atoms with Crippen LogP contribution in [0.25, 0.3) is 11.1 Å². The molecule has 0 saturated heterocycles. The summed E-state index contributed by atoms with van der Waals surface area (Å²) in [6, 6.07) is 16.4. The van der Waals surface area contributed by atoms with E-state index in [0.717, 1.165) is 22.7 Å². The number of benzene rings is 1. The van der Waals surface area contributed by atoms with E-state index < -0.39 is 0 Å². The number of aromatic nitrogens is 2. The minimum absolute atomic E-state index is 0.706. The lowest BCUT2D eigenvalue weighted by Crippen LogP contribution is -2.09. The van der Waals surface area contributed by atoms with Gasteiger partial charge in [0.15, 0.2) is 5.75 Å². The second kappa shape index (κ2) is 7.49. The zero-order valence-electron chi connectivity index (χ0n) is 14.6. The summed E-state index contributed by atoms with van der Waals surface area (Å²) >= 11 is 5.45. The number of hydrogen-bond donors (Lipinski definition) is 0. The average molecular weight is 351 g/mol. The van der Waals surface area contributed by atoms with E-state index in [-0.39, 0.29) is 0 Å². The Kier molecular flexibility index (Phi) is 5.14. The van der Waals surface area contributed by atoms with Crippen molar-refractivity contribution in [3.05, 3.63) is 71.1 Å². The zero-order valence-corrected chi connectivity index (χ0v) is 15.5. The molecule has 128 valence electrons. The Morgan fingerprint density at radius 2 is 1.76 bits per heavy atom. The van der Waals surface area contributed by atoms with Gasteiger partial charge in [0.05, 0.1) is 7.11 Å². The van der Waals surface area contributed by atoms with Crippen molar-refractivity contribution in [1.29, 1.82) is 0 Å². The molecule has 0 saturated carbocycles. The molecule has 0 N–H and O–H groups in total. The van der Waals surface area contributed by atoms with Crippen LogP contribution in [0.3, 0.4) is 0 Å². The van der Waals surface area contributed by atoms with Crippen LogP contribution in [0.5, 0.6) is 5.75 Å². The molecule has 5 heteroatoms. The first-order valence-electron chi connectivity index (χ1n) is 8.04. The molecule has 1 aromatic carbocycles. The van der Waals surface area contributed by atoms with E-state index in [2.05, 4.69) is 35.3 Å². The van der Waals surface area contributed by atoms with Crippen molar-refractivity contribution in [3.63, 3.8) is 0 Å². The van der Waals surface area contributed by atoms with E-state index >= 15 is 0 Å². The third kappa shape index (κ3) is 3.88. The van der Waals surface area contributed by atoms with Crippen LogP contribution >= 0.6 is 12.2 Å². The van der Waals surface area contributed by atoms with Gasteiger partial charge in [0, 0.05) is 38.6 Å². The van der Waals surface area contributed by atoms with Gasteiger partial charge in [0.2, 0.25) is 0 Å². The van der Waals surface area contributed by atoms with Crippen LogP contribution in [0.15, 0.2) is 60.9 Å². The summed E-state index contributed by atoms with van der Waals surface area (Å²) in [7, 11) is 5.61. The van der Waals surface area contributed by atoms with Gasteiger partial charge < -0.3 is 14.2 Å². The van der Waals surface area contributed by atoms with Crippen molar-refractivity contribution in [1.82, 2.24) is 9.55 Å². The molecular formula is C20H21N3OS. The van der Waals surface area contributed by atoms with Gasteiger partial charge in [-0.25, -0.2) is 4.98 Å². The Bertz CT molecular complexity index is 899. The zero-order chi connectivity index (χ0) is 17.8. The molecule has 0 aliphatic carbocycles. The molecule has 0 bridgehead atoms. The highest BCUT2D eigenvalue weighted by molar-refractivity contribution is 7.71. The summed E-state index contributed by atoms with van der Waals surface area (Å²) in [6.45, 7) is 0.716. The standard InChI is InChI=1S/C20H21N3OS/c1-22(2)19-11-10-17(13-21-19)16-8-6-15(7-9-16)14-23-12-4-5-18(24-3)20(23)25/h4-13H,14H2,1-3H3. The molecule has 0 fully saturated rings. The highest BCUT2D eigenvalue weighted by Crippen LogP contribution is 2.21. The lowest BCUT2D eigenvalue weighted by Gasteiger charge is -2.12. The third-order valence-electron chi connectivity index (χ3n) is 4.05. The Morgan fingerprint density at radius 1 is 1.04 bits per heavy atom. The lowest BCUT2D eigenvalue weighted by atomic mass is 10.1. The number of hydrogen-bond acceptors (Lipinski definition) is 4. The number of rotatable bonds is 5. The van der Waals surface area contributed by atoms with Crippen LogP contribution in [0.2, 0.25) is 0 Å². The van der Waals surface area contributed by atoms with Crippen molar-refractivity contribution in [2.45, 2.75) is 6.54 Å². The van der Waals surface area contributed by atoms with Gasteiger partial charge >= 0.3 is 0 Å². The van der Waals surface area contributed by atoms with Crippen LogP contribution < -0.4 is 9.64 Å². The summed E-state index contributed by atoms with van der Waals surface area (Å²) in [6.07, 6.45) is 3.88. The fourth-order valence-corrected chi connectivity index (χ4v) is 2.89. The molecular weight excluding hydrogens is 330 g/mol. The minimum atomic E-state index is 0.706. The maximum absolute atomic E-state index is 5.45. The Morgan fingerprint density at radius 3 is 2.36 bits per heavy atom. The SMILES string of the molecule is COc1cccn(Cc2ccc(-c3ccc(N(C)C)nc3)cc2)c1=S. The maximum atomic E-state index is 5.45. The number of nitrogens with zero attached hydrogens (tertiary/aromatic N) is 3. The van der Waals surface area contributed by atoms with Crippen LogP contribution in [-0.4, -0.2) is 30.8 Å². The van der Waals surface area contributed by atoms with Gasteiger partial charge in [-0.2, -0.15) is 0 Å². The molecule has 0 aliphatic heterocycles. The molecule has 2 aromatic heterocycles. The lowest BCUT2D eigenvalue weighted by molar-refractivity contribution is 0.407. The largest absolute Gasteiger partial charge is 0.494 e. The minimum Gasteiger partial charge on any atom is -0.494 e. The Hall–Kier alpha value is -2.66. The van der Waals surface area contributed by atoms with Crippen molar-refractivity contribution in [3.8, 4) is 16.9 Å². The van der Waals surface area contributed by atoms with Crippen molar-refractivity contribution < 1.29 is 4.74 Å². The number of ether oxygens (including phenoxy) is 1. The molecule has 2 heterocycles. The molecule has 3 aromatic rings.